The zero-order valence-corrected chi connectivity index (χ0v) is 10.00. The molecule has 1 atom stereocenters. The van der Waals surface area contributed by atoms with Crippen molar-refractivity contribution in [2.45, 2.75) is 19.6 Å². The Kier molecular flexibility index (Phi) is 3.51. The minimum atomic E-state index is -0.113. The van der Waals surface area contributed by atoms with Crippen molar-refractivity contribution in [2.24, 2.45) is 5.73 Å². The SMILES string of the molecule is COCc1ccccc1-n1cc(C(C)N)nn1. The van der Waals surface area contributed by atoms with Gasteiger partial charge >= 0.3 is 0 Å². The summed E-state index contributed by atoms with van der Waals surface area (Å²) in [6.07, 6.45) is 1.85. The second-order valence-corrected chi connectivity index (χ2v) is 3.94. The first-order valence-electron chi connectivity index (χ1n) is 5.47. The summed E-state index contributed by atoms with van der Waals surface area (Å²) in [7, 11) is 1.67. The highest BCUT2D eigenvalue weighted by Crippen LogP contribution is 2.15. The molecule has 90 valence electrons. The smallest absolute Gasteiger partial charge is 0.0995 e. The zero-order valence-electron chi connectivity index (χ0n) is 10.00. The fraction of sp³-hybridized carbons (Fsp3) is 0.333. The molecule has 2 N–H and O–H groups in total. The Bertz CT molecular complexity index is 493. The molecule has 0 spiro atoms. The van der Waals surface area contributed by atoms with Crippen molar-refractivity contribution in [3.63, 3.8) is 0 Å². The van der Waals surface area contributed by atoms with Crippen LogP contribution in [0.5, 0.6) is 0 Å². The van der Waals surface area contributed by atoms with E-state index in [1.54, 1.807) is 11.8 Å². The summed E-state index contributed by atoms with van der Waals surface area (Å²) in [6, 6.07) is 7.81. The molecule has 1 unspecified atom stereocenters. The molecule has 1 heterocycles. The van der Waals surface area contributed by atoms with Gasteiger partial charge in [-0.3, -0.25) is 0 Å². The number of ether oxygens (including phenoxy) is 1. The Morgan fingerprint density at radius 1 is 1.41 bits per heavy atom. The number of para-hydroxylation sites is 1. The van der Waals surface area contributed by atoms with E-state index in [0.29, 0.717) is 6.61 Å². The van der Waals surface area contributed by atoms with Crippen LogP contribution in [0.15, 0.2) is 30.5 Å². The van der Waals surface area contributed by atoms with Gasteiger partial charge in [0.25, 0.3) is 0 Å². The monoisotopic (exact) mass is 232 g/mol. The molecule has 0 saturated heterocycles. The molecule has 17 heavy (non-hydrogen) atoms. The molecular weight excluding hydrogens is 216 g/mol. The van der Waals surface area contributed by atoms with Crippen molar-refractivity contribution in [3.05, 3.63) is 41.7 Å². The number of benzene rings is 1. The Hall–Kier alpha value is -1.72. The van der Waals surface area contributed by atoms with Crippen molar-refractivity contribution < 1.29 is 4.74 Å². The number of hydrogen-bond donors (Lipinski definition) is 1. The van der Waals surface area contributed by atoms with Gasteiger partial charge in [0.2, 0.25) is 0 Å². The molecular formula is C12H16N4O. The first kappa shape index (κ1) is 11.8. The highest BCUT2D eigenvalue weighted by Gasteiger charge is 2.09. The van der Waals surface area contributed by atoms with Crippen molar-refractivity contribution in [1.82, 2.24) is 15.0 Å². The van der Waals surface area contributed by atoms with Crippen LogP contribution in [-0.4, -0.2) is 22.1 Å². The van der Waals surface area contributed by atoms with Crippen LogP contribution >= 0.6 is 0 Å². The second kappa shape index (κ2) is 5.07. The Morgan fingerprint density at radius 3 is 2.82 bits per heavy atom. The summed E-state index contributed by atoms with van der Waals surface area (Å²) in [5, 5.41) is 8.12. The lowest BCUT2D eigenvalue weighted by Gasteiger charge is -2.07. The van der Waals surface area contributed by atoms with Crippen LogP contribution in [0.25, 0.3) is 5.69 Å². The van der Waals surface area contributed by atoms with Crippen molar-refractivity contribution in [3.8, 4) is 5.69 Å². The largest absolute Gasteiger partial charge is 0.380 e. The average molecular weight is 232 g/mol. The Labute approximate surface area is 100 Å². The molecule has 0 aliphatic heterocycles. The number of nitrogens with two attached hydrogens (primary N) is 1. The van der Waals surface area contributed by atoms with Crippen LogP contribution in [0.2, 0.25) is 0 Å². The minimum Gasteiger partial charge on any atom is -0.380 e. The number of methoxy groups -OCH3 is 1. The molecule has 5 nitrogen and oxygen atoms in total. The third kappa shape index (κ3) is 2.51. The third-order valence-electron chi connectivity index (χ3n) is 2.52. The normalized spacial score (nSPS) is 12.6. The van der Waals surface area contributed by atoms with Crippen LogP contribution in [0.3, 0.4) is 0 Å². The van der Waals surface area contributed by atoms with Gasteiger partial charge in [-0.25, -0.2) is 4.68 Å². The van der Waals surface area contributed by atoms with E-state index in [-0.39, 0.29) is 6.04 Å². The minimum absolute atomic E-state index is 0.113. The van der Waals surface area contributed by atoms with Gasteiger partial charge in [0.15, 0.2) is 0 Å². The molecule has 5 heteroatoms. The van der Waals surface area contributed by atoms with E-state index in [9.17, 15) is 0 Å². The van der Waals surface area contributed by atoms with Gasteiger partial charge in [-0.1, -0.05) is 23.4 Å². The lowest BCUT2D eigenvalue weighted by Crippen LogP contribution is -2.05. The van der Waals surface area contributed by atoms with Gasteiger partial charge in [0, 0.05) is 18.7 Å². The highest BCUT2D eigenvalue weighted by molar-refractivity contribution is 5.39. The molecule has 0 aliphatic carbocycles. The summed E-state index contributed by atoms with van der Waals surface area (Å²) in [5.41, 5.74) is 8.57. The molecule has 0 fully saturated rings. The molecule has 0 amide bonds. The van der Waals surface area contributed by atoms with Gasteiger partial charge in [-0.15, -0.1) is 5.10 Å². The average Bonchev–Trinajstić information content (AvgIpc) is 2.79. The summed E-state index contributed by atoms with van der Waals surface area (Å²) in [6.45, 7) is 2.43. The quantitative estimate of drug-likeness (QED) is 0.866. The van der Waals surface area contributed by atoms with E-state index in [1.807, 2.05) is 37.4 Å². The van der Waals surface area contributed by atoms with Crippen molar-refractivity contribution in [1.29, 1.82) is 0 Å². The number of nitrogens with zero attached hydrogens (tertiary/aromatic N) is 3. The first-order valence-corrected chi connectivity index (χ1v) is 5.47. The fourth-order valence-electron chi connectivity index (χ4n) is 1.61. The number of hydrogen-bond acceptors (Lipinski definition) is 4. The van der Waals surface area contributed by atoms with Crippen LogP contribution in [0, 0.1) is 0 Å². The predicted octanol–water partition coefficient (Wildman–Crippen LogP) is 1.43. The Morgan fingerprint density at radius 2 is 2.18 bits per heavy atom. The van der Waals surface area contributed by atoms with E-state index in [0.717, 1.165) is 16.9 Å². The maximum Gasteiger partial charge on any atom is 0.0995 e. The van der Waals surface area contributed by atoms with E-state index in [1.165, 1.54) is 0 Å². The molecule has 2 aromatic rings. The number of aromatic nitrogens is 3. The maximum atomic E-state index is 5.76. The maximum absolute atomic E-state index is 5.76. The van der Waals surface area contributed by atoms with Gasteiger partial charge in [-0.2, -0.15) is 0 Å². The highest BCUT2D eigenvalue weighted by atomic mass is 16.5. The van der Waals surface area contributed by atoms with Crippen molar-refractivity contribution >= 4 is 0 Å². The first-order chi connectivity index (χ1) is 8.22. The van der Waals surface area contributed by atoms with Crippen LogP contribution in [0.1, 0.15) is 24.2 Å². The van der Waals surface area contributed by atoms with Crippen LogP contribution in [-0.2, 0) is 11.3 Å². The van der Waals surface area contributed by atoms with E-state index >= 15 is 0 Å². The van der Waals surface area contributed by atoms with Crippen molar-refractivity contribution in [2.75, 3.05) is 7.11 Å². The van der Waals surface area contributed by atoms with Gasteiger partial charge in [-0.05, 0) is 13.0 Å². The molecule has 1 aromatic heterocycles. The van der Waals surface area contributed by atoms with Crippen LogP contribution < -0.4 is 5.73 Å². The molecule has 0 bridgehead atoms. The van der Waals surface area contributed by atoms with E-state index in [2.05, 4.69) is 10.3 Å². The zero-order chi connectivity index (χ0) is 12.3. The summed E-state index contributed by atoms with van der Waals surface area (Å²) >= 11 is 0. The predicted molar refractivity (Wildman–Crippen MR) is 64.7 cm³/mol. The molecule has 0 saturated carbocycles. The van der Waals surface area contributed by atoms with E-state index < -0.39 is 0 Å². The standard InChI is InChI=1S/C12H16N4O/c1-9(13)11-7-16(15-14-11)12-6-4-3-5-10(12)8-17-2/h3-7,9H,8,13H2,1-2H3. The molecule has 0 radical (unpaired) electrons. The van der Waals surface area contributed by atoms with Gasteiger partial charge in [0.05, 0.1) is 24.2 Å². The molecule has 1 aromatic carbocycles. The lowest BCUT2D eigenvalue weighted by molar-refractivity contribution is 0.184. The lowest BCUT2D eigenvalue weighted by atomic mass is 10.2. The van der Waals surface area contributed by atoms with Gasteiger partial charge in [0.1, 0.15) is 0 Å². The second-order valence-electron chi connectivity index (χ2n) is 3.94. The topological polar surface area (TPSA) is 66.0 Å². The Balaban J connectivity index is 2.38. The molecule has 2 rings (SSSR count). The fourth-order valence-corrected chi connectivity index (χ4v) is 1.61. The number of rotatable bonds is 4. The summed E-state index contributed by atoms with van der Waals surface area (Å²) in [5.74, 6) is 0. The summed E-state index contributed by atoms with van der Waals surface area (Å²) in [4.78, 5) is 0. The van der Waals surface area contributed by atoms with Crippen LogP contribution in [0.4, 0.5) is 0 Å². The van der Waals surface area contributed by atoms with E-state index in [4.69, 9.17) is 10.5 Å². The molecule has 0 aliphatic rings. The summed E-state index contributed by atoms with van der Waals surface area (Å²) < 4.78 is 6.89. The third-order valence-corrected chi connectivity index (χ3v) is 2.52. The van der Waals surface area contributed by atoms with Gasteiger partial charge < -0.3 is 10.5 Å².